The third-order valence-electron chi connectivity index (χ3n) is 5.51. The molecule has 1 aliphatic heterocycles. The predicted molar refractivity (Wildman–Crippen MR) is 112 cm³/mol. The molecule has 30 heavy (non-hydrogen) atoms. The number of nitro groups is 1. The predicted octanol–water partition coefficient (Wildman–Crippen LogP) is 2.88. The van der Waals surface area contributed by atoms with Crippen LogP contribution in [0.15, 0.2) is 54.2 Å². The third-order valence-corrected chi connectivity index (χ3v) is 5.51. The molecule has 0 radical (unpaired) electrons. The van der Waals surface area contributed by atoms with E-state index in [9.17, 15) is 19.7 Å². The number of hydrogen-bond donors (Lipinski definition) is 0. The molecule has 1 aliphatic rings. The molecule has 2 aromatic rings. The summed E-state index contributed by atoms with van der Waals surface area (Å²) in [7, 11) is 4.53. The summed E-state index contributed by atoms with van der Waals surface area (Å²) in [5.41, 5.74) is -0.0912. The molecule has 2 amide bonds. The molecule has 1 atom stereocenters. The lowest BCUT2D eigenvalue weighted by Gasteiger charge is -2.45. The van der Waals surface area contributed by atoms with Crippen LogP contribution < -0.4 is 4.74 Å². The monoisotopic (exact) mass is 409 g/mol. The second-order valence-corrected chi connectivity index (χ2v) is 7.38. The Morgan fingerprint density at radius 2 is 1.80 bits per heavy atom. The van der Waals surface area contributed by atoms with Crippen LogP contribution in [-0.2, 0) is 16.0 Å². The number of rotatable bonds is 5. The highest BCUT2D eigenvalue weighted by Gasteiger charge is 2.48. The number of carbonyl (C=O) groups excluding carboxylic acids is 2. The first-order valence-corrected chi connectivity index (χ1v) is 9.33. The van der Waals surface area contributed by atoms with Crippen molar-refractivity contribution >= 4 is 23.6 Å². The molecular formula is C22H23N3O5. The summed E-state index contributed by atoms with van der Waals surface area (Å²) in [4.78, 5) is 40.0. The number of nitrogens with zero attached hydrogens (tertiary/aromatic N) is 3. The maximum atomic E-state index is 13.3. The normalized spacial score (nSPS) is 20.6. The maximum absolute atomic E-state index is 13.3. The van der Waals surface area contributed by atoms with Gasteiger partial charge in [-0.15, -0.1) is 0 Å². The molecule has 0 aliphatic carbocycles. The SMILES string of the molecule is COc1ccc([N+](=O)[O-])c(/C=C2\C(=O)N(C)C(C)(Cc3ccccc3)C(=O)N2C)c1. The van der Waals surface area contributed by atoms with Crippen molar-refractivity contribution in [3.8, 4) is 5.75 Å². The molecule has 0 N–H and O–H groups in total. The first kappa shape index (κ1) is 21.0. The molecule has 3 rings (SSSR count). The van der Waals surface area contributed by atoms with Crippen LogP contribution in [0.3, 0.4) is 0 Å². The van der Waals surface area contributed by atoms with E-state index >= 15 is 0 Å². The number of methoxy groups -OCH3 is 1. The first-order chi connectivity index (χ1) is 14.2. The van der Waals surface area contributed by atoms with E-state index < -0.39 is 16.4 Å². The number of piperazine rings is 1. The van der Waals surface area contributed by atoms with Gasteiger partial charge in [0.2, 0.25) is 0 Å². The molecule has 156 valence electrons. The van der Waals surface area contributed by atoms with E-state index in [2.05, 4.69) is 0 Å². The molecule has 0 bridgehead atoms. The molecule has 8 heteroatoms. The number of amides is 2. The molecule has 0 saturated carbocycles. The van der Waals surface area contributed by atoms with E-state index in [-0.39, 0.29) is 22.9 Å². The number of hydrogen-bond acceptors (Lipinski definition) is 5. The number of carbonyl (C=O) groups is 2. The van der Waals surface area contributed by atoms with Crippen molar-refractivity contribution in [2.45, 2.75) is 18.9 Å². The minimum Gasteiger partial charge on any atom is -0.497 e. The quantitative estimate of drug-likeness (QED) is 0.430. The van der Waals surface area contributed by atoms with Gasteiger partial charge < -0.3 is 14.5 Å². The van der Waals surface area contributed by atoms with Gasteiger partial charge in [-0.1, -0.05) is 30.3 Å². The summed E-state index contributed by atoms with van der Waals surface area (Å²) in [6.45, 7) is 1.72. The summed E-state index contributed by atoms with van der Waals surface area (Å²) in [5, 5.41) is 11.4. The lowest BCUT2D eigenvalue weighted by molar-refractivity contribution is -0.385. The summed E-state index contributed by atoms with van der Waals surface area (Å²) in [6, 6.07) is 13.7. The second-order valence-electron chi connectivity index (χ2n) is 7.38. The Labute approximate surface area is 174 Å². The van der Waals surface area contributed by atoms with E-state index in [1.54, 1.807) is 14.0 Å². The third kappa shape index (κ3) is 3.63. The second kappa shape index (κ2) is 7.98. The fourth-order valence-electron chi connectivity index (χ4n) is 3.59. The van der Waals surface area contributed by atoms with Crippen molar-refractivity contribution in [2.75, 3.05) is 21.2 Å². The average Bonchev–Trinajstić information content (AvgIpc) is 2.74. The van der Waals surface area contributed by atoms with Gasteiger partial charge in [-0.3, -0.25) is 19.7 Å². The summed E-state index contributed by atoms with van der Waals surface area (Å²) in [5.74, 6) is -0.259. The topological polar surface area (TPSA) is 93.0 Å². The van der Waals surface area contributed by atoms with Gasteiger partial charge >= 0.3 is 0 Å². The molecule has 1 heterocycles. The largest absolute Gasteiger partial charge is 0.497 e. The van der Waals surface area contributed by atoms with Gasteiger partial charge in [0, 0.05) is 26.6 Å². The lowest BCUT2D eigenvalue weighted by atomic mass is 9.87. The van der Waals surface area contributed by atoms with Crippen molar-refractivity contribution in [2.24, 2.45) is 0 Å². The van der Waals surface area contributed by atoms with Crippen molar-refractivity contribution < 1.29 is 19.2 Å². The van der Waals surface area contributed by atoms with Crippen LogP contribution in [0.1, 0.15) is 18.1 Å². The highest BCUT2D eigenvalue weighted by atomic mass is 16.6. The van der Waals surface area contributed by atoms with Crippen LogP contribution in [0.2, 0.25) is 0 Å². The van der Waals surface area contributed by atoms with Crippen LogP contribution in [0, 0.1) is 10.1 Å². The first-order valence-electron chi connectivity index (χ1n) is 9.33. The van der Waals surface area contributed by atoms with E-state index in [1.807, 2.05) is 30.3 Å². The zero-order valence-corrected chi connectivity index (χ0v) is 17.3. The van der Waals surface area contributed by atoms with Gasteiger partial charge in [0.05, 0.1) is 17.6 Å². The lowest BCUT2D eigenvalue weighted by Crippen LogP contribution is -2.64. The van der Waals surface area contributed by atoms with Gasteiger partial charge in [-0.2, -0.15) is 0 Å². The van der Waals surface area contributed by atoms with Crippen molar-refractivity contribution in [1.82, 2.24) is 9.80 Å². The minimum atomic E-state index is -1.08. The zero-order chi connectivity index (χ0) is 22.1. The highest BCUT2D eigenvalue weighted by molar-refractivity contribution is 6.09. The minimum absolute atomic E-state index is 0.0596. The average molecular weight is 409 g/mol. The van der Waals surface area contributed by atoms with Gasteiger partial charge in [-0.25, -0.2) is 0 Å². The van der Waals surface area contributed by atoms with Crippen LogP contribution in [0.4, 0.5) is 5.69 Å². The number of likely N-dealkylation sites (N-methyl/N-ethyl adjacent to an activating group) is 2. The standard InChI is InChI=1S/C22H23N3O5/c1-22(14-15-8-6-5-7-9-15)21(27)23(2)19(20(26)24(22)3)13-16-12-17(30-4)10-11-18(16)25(28)29/h5-13H,14H2,1-4H3/b19-13+. The van der Waals surface area contributed by atoms with E-state index in [1.165, 1.54) is 48.2 Å². The van der Waals surface area contributed by atoms with Crippen molar-refractivity contribution in [3.05, 3.63) is 75.5 Å². The molecule has 1 fully saturated rings. The van der Waals surface area contributed by atoms with Gasteiger partial charge in [0.25, 0.3) is 17.5 Å². The van der Waals surface area contributed by atoms with E-state index in [0.717, 1.165) is 5.56 Å². The zero-order valence-electron chi connectivity index (χ0n) is 17.3. The van der Waals surface area contributed by atoms with Crippen LogP contribution in [0.5, 0.6) is 5.75 Å². The fraction of sp³-hybridized carbons (Fsp3) is 0.273. The fourth-order valence-corrected chi connectivity index (χ4v) is 3.59. The Morgan fingerprint density at radius 1 is 1.13 bits per heavy atom. The molecular weight excluding hydrogens is 386 g/mol. The number of nitro benzene ring substituents is 1. The van der Waals surface area contributed by atoms with Crippen molar-refractivity contribution in [1.29, 1.82) is 0 Å². The number of benzene rings is 2. The smallest absolute Gasteiger partial charge is 0.276 e. The molecule has 2 aromatic carbocycles. The highest BCUT2D eigenvalue weighted by Crippen LogP contribution is 2.33. The molecule has 0 aromatic heterocycles. The Morgan fingerprint density at radius 3 is 2.40 bits per heavy atom. The molecule has 0 spiro atoms. The van der Waals surface area contributed by atoms with Crippen LogP contribution >= 0.6 is 0 Å². The molecule has 1 saturated heterocycles. The summed E-state index contributed by atoms with van der Waals surface area (Å²) >= 11 is 0. The Kier molecular flexibility index (Phi) is 5.60. The van der Waals surface area contributed by atoms with Gasteiger partial charge in [-0.05, 0) is 30.7 Å². The summed E-state index contributed by atoms with van der Waals surface area (Å²) in [6.07, 6.45) is 1.71. The Hall–Kier alpha value is -3.68. The van der Waals surface area contributed by atoms with E-state index in [4.69, 9.17) is 4.74 Å². The van der Waals surface area contributed by atoms with Gasteiger partial charge in [0.1, 0.15) is 17.0 Å². The molecule has 8 nitrogen and oxygen atoms in total. The maximum Gasteiger partial charge on any atom is 0.276 e. The van der Waals surface area contributed by atoms with E-state index in [0.29, 0.717) is 12.2 Å². The molecule has 1 unspecified atom stereocenters. The number of ether oxygens (including phenoxy) is 1. The van der Waals surface area contributed by atoms with Crippen LogP contribution in [-0.4, -0.2) is 53.3 Å². The summed E-state index contributed by atoms with van der Waals surface area (Å²) < 4.78 is 5.15. The van der Waals surface area contributed by atoms with Gasteiger partial charge in [0.15, 0.2) is 0 Å². The van der Waals surface area contributed by atoms with Crippen molar-refractivity contribution in [3.63, 3.8) is 0 Å². The Balaban J connectivity index is 2.03. The van der Waals surface area contributed by atoms with Crippen LogP contribution in [0.25, 0.3) is 6.08 Å². The Bertz CT molecular complexity index is 1030.